The Morgan fingerprint density at radius 3 is 1.97 bits per heavy atom. The molecule has 6 rings (SSSR count). The lowest BCUT2D eigenvalue weighted by atomic mass is 9.48. The molecule has 2 aromatic carbocycles. The van der Waals surface area contributed by atoms with Gasteiger partial charge in [0, 0.05) is 17.8 Å². The number of amides is 3. The Morgan fingerprint density at radius 1 is 0.867 bits per heavy atom. The molecule has 0 radical (unpaired) electrons. The third kappa shape index (κ3) is 3.69. The molecule has 0 heterocycles. The Kier molecular flexibility index (Phi) is 4.76. The highest BCUT2D eigenvalue weighted by molar-refractivity contribution is 6.04. The van der Waals surface area contributed by atoms with Gasteiger partial charge in [0.1, 0.15) is 0 Å². The zero-order valence-electron chi connectivity index (χ0n) is 17.2. The van der Waals surface area contributed by atoms with Gasteiger partial charge in [0.2, 0.25) is 0 Å². The van der Waals surface area contributed by atoms with Gasteiger partial charge in [-0.15, -0.1) is 0 Å². The average molecular weight is 404 g/mol. The Morgan fingerprint density at radius 2 is 1.43 bits per heavy atom. The van der Waals surface area contributed by atoms with Gasteiger partial charge in [-0.2, -0.15) is 0 Å². The summed E-state index contributed by atoms with van der Waals surface area (Å²) in [4.78, 5) is 23.4. The fourth-order valence-corrected chi connectivity index (χ4v) is 6.54. The summed E-state index contributed by atoms with van der Waals surface area (Å²) in [5.74, 6) is 2.65. The minimum absolute atomic E-state index is 0.132. The molecule has 3 amide bonds. The minimum Gasteiger partial charge on any atom is -0.352 e. The molecule has 0 aromatic heterocycles. The Hall–Kier alpha value is -2.82. The quantitative estimate of drug-likeness (QED) is 0.683. The van der Waals surface area contributed by atoms with Crippen LogP contribution in [0.25, 0.3) is 0 Å². The fourth-order valence-electron chi connectivity index (χ4n) is 6.54. The van der Waals surface area contributed by atoms with E-state index in [-0.39, 0.29) is 5.91 Å². The van der Waals surface area contributed by atoms with Crippen LogP contribution in [-0.4, -0.2) is 11.9 Å². The number of urea groups is 1. The molecule has 2 aromatic rings. The van der Waals surface area contributed by atoms with Gasteiger partial charge in [-0.3, -0.25) is 4.79 Å². The van der Waals surface area contributed by atoms with Gasteiger partial charge >= 0.3 is 6.03 Å². The largest absolute Gasteiger partial charge is 0.352 e. The Balaban J connectivity index is 1.24. The summed E-state index contributed by atoms with van der Waals surface area (Å²) in [5, 5.41) is 5.54. The van der Waals surface area contributed by atoms with Crippen LogP contribution in [0.2, 0.25) is 0 Å². The first-order chi connectivity index (χ1) is 14.5. The molecule has 4 saturated carbocycles. The number of hydrogen-bond acceptors (Lipinski definition) is 2. The topological polar surface area (TPSA) is 84.2 Å². The molecule has 5 nitrogen and oxygen atoms in total. The first kappa shape index (κ1) is 19.2. The van der Waals surface area contributed by atoms with Crippen LogP contribution in [-0.2, 0) is 12.0 Å². The van der Waals surface area contributed by atoms with Gasteiger partial charge in [-0.05, 0) is 97.1 Å². The number of carbonyl (C=O) groups excluding carboxylic acids is 2. The molecule has 4 fully saturated rings. The molecular formula is C25H29N3O2. The molecule has 0 atom stereocenters. The summed E-state index contributed by atoms with van der Waals surface area (Å²) >= 11 is 0. The second-order valence-electron chi connectivity index (χ2n) is 9.64. The lowest BCUT2D eigenvalue weighted by molar-refractivity contribution is -0.00518. The van der Waals surface area contributed by atoms with Crippen LogP contribution in [0.5, 0.6) is 0 Å². The van der Waals surface area contributed by atoms with E-state index in [1.807, 2.05) is 12.1 Å². The lowest BCUT2D eigenvalue weighted by Gasteiger charge is -2.57. The zero-order valence-corrected chi connectivity index (χ0v) is 17.2. The highest BCUT2D eigenvalue weighted by Crippen LogP contribution is 2.60. The Bertz CT molecular complexity index is 914. The van der Waals surface area contributed by atoms with Crippen LogP contribution in [0.3, 0.4) is 0 Å². The molecular weight excluding hydrogens is 374 g/mol. The summed E-state index contributed by atoms with van der Waals surface area (Å²) in [6.07, 6.45) is 8.39. The molecule has 4 aliphatic rings. The van der Waals surface area contributed by atoms with E-state index in [9.17, 15) is 9.59 Å². The van der Waals surface area contributed by atoms with Crippen molar-refractivity contribution >= 4 is 17.6 Å². The first-order valence-corrected chi connectivity index (χ1v) is 11.0. The van der Waals surface area contributed by atoms with Crippen molar-refractivity contribution in [1.82, 2.24) is 5.32 Å². The second kappa shape index (κ2) is 7.46. The van der Waals surface area contributed by atoms with Crippen molar-refractivity contribution in [2.45, 2.75) is 50.5 Å². The van der Waals surface area contributed by atoms with Gasteiger partial charge in [0.05, 0.1) is 0 Å². The normalized spacial score (nSPS) is 28.9. The van der Waals surface area contributed by atoms with Gasteiger partial charge in [-0.1, -0.05) is 24.3 Å². The minimum atomic E-state index is -0.561. The number of hydrogen-bond donors (Lipinski definition) is 3. The predicted octanol–water partition coefficient (Wildman–Crippen LogP) is 4.58. The molecule has 4 bridgehead atoms. The molecule has 4 N–H and O–H groups in total. The number of nitrogens with two attached hydrogens (primary N) is 1. The summed E-state index contributed by atoms with van der Waals surface area (Å²) < 4.78 is 0. The number of anilines is 1. The maximum absolute atomic E-state index is 12.6. The van der Waals surface area contributed by atoms with E-state index < -0.39 is 6.03 Å². The highest BCUT2D eigenvalue weighted by atomic mass is 16.2. The summed E-state index contributed by atoms with van der Waals surface area (Å²) in [7, 11) is 0. The molecule has 0 saturated heterocycles. The molecule has 0 spiro atoms. The first-order valence-electron chi connectivity index (χ1n) is 11.0. The lowest BCUT2D eigenvalue weighted by Crippen LogP contribution is -2.48. The van der Waals surface area contributed by atoms with E-state index in [0.717, 1.165) is 29.0 Å². The van der Waals surface area contributed by atoms with Crippen molar-refractivity contribution in [2.75, 3.05) is 5.32 Å². The van der Waals surface area contributed by atoms with Crippen molar-refractivity contribution in [3.05, 3.63) is 65.2 Å². The summed E-state index contributed by atoms with van der Waals surface area (Å²) in [5.41, 5.74) is 9.24. The second-order valence-corrected chi connectivity index (χ2v) is 9.64. The summed E-state index contributed by atoms with van der Waals surface area (Å²) in [6.45, 7) is 0.350. The molecule has 0 aliphatic heterocycles. The van der Waals surface area contributed by atoms with E-state index in [1.165, 1.54) is 44.1 Å². The van der Waals surface area contributed by atoms with Gasteiger partial charge < -0.3 is 16.4 Å². The van der Waals surface area contributed by atoms with Crippen LogP contribution < -0.4 is 16.4 Å². The highest BCUT2D eigenvalue weighted by Gasteiger charge is 2.51. The number of carbonyl (C=O) groups is 2. The standard InChI is InChI=1S/C25H29N3O2/c26-24(30)27-15-16-1-3-20(4-2-16)23(29)28-22-7-5-21(6-8-22)25-12-17-9-18(13-25)11-19(10-17)14-25/h1-8,17-19H,9-15H2,(H,28,29)(H3,26,27,30). The van der Waals surface area contributed by atoms with Gasteiger partial charge in [-0.25, -0.2) is 4.79 Å². The van der Waals surface area contributed by atoms with E-state index in [0.29, 0.717) is 17.5 Å². The number of rotatable bonds is 5. The molecule has 4 aliphatic carbocycles. The van der Waals surface area contributed by atoms with Crippen LogP contribution in [0.1, 0.15) is 60.0 Å². The van der Waals surface area contributed by atoms with Crippen LogP contribution in [0.4, 0.5) is 10.5 Å². The predicted molar refractivity (Wildman–Crippen MR) is 117 cm³/mol. The van der Waals surface area contributed by atoms with Crippen LogP contribution in [0.15, 0.2) is 48.5 Å². The third-order valence-electron chi connectivity index (χ3n) is 7.48. The van der Waals surface area contributed by atoms with E-state index >= 15 is 0 Å². The number of primary amides is 1. The van der Waals surface area contributed by atoms with Crippen molar-refractivity contribution in [3.63, 3.8) is 0 Å². The maximum atomic E-state index is 12.6. The van der Waals surface area contributed by atoms with E-state index in [2.05, 4.69) is 34.9 Å². The van der Waals surface area contributed by atoms with Crippen LogP contribution >= 0.6 is 0 Å². The van der Waals surface area contributed by atoms with E-state index in [4.69, 9.17) is 5.73 Å². The van der Waals surface area contributed by atoms with Crippen molar-refractivity contribution < 1.29 is 9.59 Å². The number of benzene rings is 2. The van der Waals surface area contributed by atoms with Crippen molar-refractivity contribution in [1.29, 1.82) is 0 Å². The molecule has 5 heteroatoms. The van der Waals surface area contributed by atoms with Gasteiger partial charge in [0.25, 0.3) is 5.91 Å². The van der Waals surface area contributed by atoms with Crippen LogP contribution in [0, 0.1) is 17.8 Å². The average Bonchev–Trinajstić information content (AvgIpc) is 2.72. The van der Waals surface area contributed by atoms with Crippen molar-refractivity contribution in [2.24, 2.45) is 23.5 Å². The molecule has 30 heavy (non-hydrogen) atoms. The van der Waals surface area contributed by atoms with Gasteiger partial charge in [0.15, 0.2) is 0 Å². The smallest absolute Gasteiger partial charge is 0.312 e. The molecule has 0 unspecified atom stereocenters. The SMILES string of the molecule is NC(=O)NCc1ccc(C(=O)Nc2ccc(C34CC5CC(CC(C5)C3)C4)cc2)cc1. The number of nitrogens with one attached hydrogen (secondary N) is 2. The summed E-state index contributed by atoms with van der Waals surface area (Å²) in [6, 6.07) is 15.2. The maximum Gasteiger partial charge on any atom is 0.312 e. The third-order valence-corrected chi connectivity index (χ3v) is 7.48. The fraction of sp³-hybridized carbons (Fsp3) is 0.440. The zero-order chi connectivity index (χ0) is 20.7. The van der Waals surface area contributed by atoms with Crippen molar-refractivity contribution in [3.8, 4) is 0 Å². The Labute approximate surface area is 177 Å². The molecule has 156 valence electrons. The monoisotopic (exact) mass is 403 g/mol. The van der Waals surface area contributed by atoms with E-state index in [1.54, 1.807) is 12.1 Å².